The smallest absolute Gasteiger partial charge is 0.243 e. The number of rotatable bonds is 8. The van der Waals surface area contributed by atoms with E-state index in [0.717, 1.165) is 18.8 Å². The Bertz CT molecular complexity index is 797. The largest absolute Gasteiger partial charge is 0.354 e. The van der Waals surface area contributed by atoms with Crippen molar-refractivity contribution in [3.05, 3.63) is 47.5 Å². The lowest BCUT2D eigenvalue weighted by Gasteiger charge is -2.24. The minimum Gasteiger partial charge on any atom is -0.354 e. The number of nitrogens with zero attached hydrogens (tertiary/aromatic N) is 6. The quantitative estimate of drug-likeness (QED) is 0.548. The Morgan fingerprint density at radius 1 is 1.25 bits per heavy atom. The van der Waals surface area contributed by atoms with Gasteiger partial charge in [0.05, 0.1) is 0 Å². The fourth-order valence-electron chi connectivity index (χ4n) is 2.74. The molecule has 8 nitrogen and oxygen atoms in total. The Kier molecular flexibility index (Phi) is 7.98. The number of guanidine groups is 1. The molecule has 0 unspecified atom stereocenters. The Morgan fingerprint density at radius 2 is 2.00 bits per heavy atom. The number of carbonyl (C=O) groups excluding carboxylic acids is 1. The zero-order valence-electron chi connectivity index (χ0n) is 17.5. The fraction of sp³-hybridized carbons (Fsp3) is 0.500. The monoisotopic (exact) mass is 385 g/mol. The van der Waals surface area contributed by atoms with Gasteiger partial charge in [0.1, 0.15) is 18.7 Å². The number of nitrogens with one attached hydrogen (secondary N) is 1. The number of aromatic nitrogens is 3. The Hall–Kier alpha value is -2.90. The Morgan fingerprint density at radius 3 is 2.68 bits per heavy atom. The van der Waals surface area contributed by atoms with E-state index in [1.165, 1.54) is 11.1 Å². The third kappa shape index (κ3) is 6.07. The SMILES string of the molecule is CCc1nncn1CCNC(=NCC(=O)N(C)C)N(C)Cc1ccccc1C. The maximum atomic E-state index is 12.0. The molecule has 0 aliphatic heterocycles. The van der Waals surface area contributed by atoms with E-state index in [-0.39, 0.29) is 12.5 Å². The van der Waals surface area contributed by atoms with Crippen LogP contribution in [0.1, 0.15) is 23.9 Å². The summed E-state index contributed by atoms with van der Waals surface area (Å²) in [5.41, 5.74) is 2.46. The Balaban J connectivity index is 2.06. The molecule has 0 radical (unpaired) electrons. The zero-order chi connectivity index (χ0) is 20.5. The molecule has 152 valence electrons. The molecule has 0 saturated heterocycles. The lowest BCUT2D eigenvalue weighted by Crippen LogP contribution is -2.41. The van der Waals surface area contributed by atoms with Crippen LogP contribution in [0, 0.1) is 6.92 Å². The first-order chi connectivity index (χ1) is 13.4. The van der Waals surface area contributed by atoms with Gasteiger partial charge in [-0.25, -0.2) is 4.99 Å². The molecule has 1 heterocycles. The second kappa shape index (κ2) is 10.4. The van der Waals surface area contributed by atoms with Crippen LogP contribution in [0.25, 0.3) is 0 Å². The summed E-state index contributed by atoms with van der Waals surface area (Å²) in [6.07, 6.45) is 2.58. The van der Waals surface area contributed by atoms with Gasteiger partial charge < -0.3 is 19.7 Å². The molecule has 0 bridgehead atoms. The summed E-state index contributed by atoms with van der Waals surface area (Å²) in [5, 5.41) is 11.4. The van der Waals surface area contributed by atoms with Crippen LogP contribution >= 0.6 is 0 Å². The summed E-state index contributed by atoms with van der Waals surface area (Å²) in [4.78, 5) is 20.1. The molecule has 1 aromatic heterocycles. The molecular formula is C20H31N7O. The Labute approximate surface area is 167 Å². The molecule has 1 N–H and O–H groups in total. The van der Waals surface area contributed by atoms with Crippen LogP contribution in [0.3, 0.4) is 0 Å². The molecule has 0 aliphatic carbocycles. The first-order valence-corrected chi connectivity index (χ1v) is 9.53. The summed E-state index contributed by atoms with van der Waals surface area (Å²) in [6.45, 7) is 6.37. The maximum Gasteiger partial charge on any atom is 0.243 e. The molecule has 0 atom stereocenters. The molecule has 28 heavy (non-hydrogen) atoms. The van der Waals surface area contributed by atoms with Crippen molar-refractivity contribution in [2.75, 3.05) is 34.2 Å². The van der Waals surface area contributed by atoms with Crippen LogP contribution in [-0.4, -0.2) is 70.7 Å². The number of amides is 1. The molecule has 0 fully saturated rings. The standard InChI is InChI=1S/C20H31N7O/c1-6-18-24-23-15-27(18)12-11-21-20(22-13-19(28)25(3)4)26(5)14-17-10-8-7-9-16(17)2/h7-10,15H,6,11-14H2,1-5H3,(H,21,22). The highest BCUT2D eigenvalue weighted by Gasteiger charge is 2.11. The fourth-order valence-corrected chi connectivity index (χ4v) is 2.74. The van der Waals surface area contributed by atoms with Crippen molar-refractivity contribution in [2.24, 2.45) is 4.99 Å². The van der Waals surface area contributed by atoms with E-state index >= 15 is 0 Å². The molecule has 0 aliphatic rings. The van der Waals surface area contributed by atoms with Gasteiger partial charge >= 0.3 is 0 Å². The second-order valence-electron chi connectivity index (χ2n) is 6.93. The number of aryl methyl sites for hydroxylation is 2. The van der Waals surface area contributed by atoms with Gasteiger partial charge in [0, 0.05) is 47.2 Å². The summed E-state index contributed by atoms with van der Waals surface area (Å²) < 4.78 is 2.02. The number of likely N-dealkylation sites (N-methyl/N-ethyl adjacent to an activating group) is 1. The lowest BCUT2D eigenvalue weighted by molar-refractivity contribution is -0.127. The van der Waals surface area contributed by atoms with Crippen LogP contribution in [0.5, 0.6) is 0 Å². The van der Waals surface area contributed by atoms with Gasteiger partial charge in [-0.15, -0.1) is 10.2 Å². The number of hydrogen-bond acceptors (Lipinski definition) is 4. The minimum atomic E-state index is -0.0318. The topological polar surface area (TPSA) is 78.6 Å². The predicted octanol–water partition coefficient (Wildman–Crippen LogP) is 1.31. The van der Waals surface area contributed by atoms with E-state index in [0.29, 0.717) is 19.0 Å². The van der Waals surface area contributed by atoms with Gasteiger partial charge in [0.15, 0.2) is 5.96 Å². The molecular weight excluding hydrogens is 354 g/mol. The summed E-state index contributed by atoms with van der Waals surface area (Å²) >= 11 is 0. The van der Waals surface area contributed by atoms with Gasteiger partial charge in [-0.3, -0.25) is 4.79 Å². The zero-order valence-corrected chi connectivity index (χ0v) is 17.5. The number of benzene rings is 1. The van der Waals surface area contributed by atoms with Crippen LogP contribution in [-0.2, 0) is 24.3 Å². The molecule has 2 rings (SSSR count). The van der Waals surface area contributed by atoms with Gasteiger partial charge in [-0.05, 0) is 18.1 Å². The van der Waals surface area contributed by atoms with Crippen molar-refractivity contribution in [3.8, 4) is 0 Å². The summed E-state index contributed by atoms with van der Waals surface area (Å²) in [5.74, 6) is 1.62. The molecule has 1 amide bonds. The number of hydrogen-bond donors (Lipinski definition) is 1. The average Bonchev–Trinajstić information content (AvgIpc) is 3.13. The van der Waals surface area contributed by atoms with Crippen LogP contribution in [0.15, 0.2) is 35.6 Å². The van der Waals surface area contributed by atoms with E-state index < -0.39 is 0 Å². The van der Waals surface area contributed by atoms with Crippen molar-refractivity contribution < 1.29 is 4.79 Å². The van der Waals surface area contributed by atoms with Crippen molar-refractivity contribution in [1.29, 1.82) is 0 Å². The molecule has 0 spiro atoms. The van der Waals surface area contributed by atoms with Crippen molar-refractivity contribution in [2.45, 2.75) is 33.4 Å². The second-order valence-corrected chi connectivity index (χ2v) is 6.93. The maximum absolute atomic E-state index is 12.0. The lowest BCUT2D eigenvalue weighted by atomic mass is 10.1. The number of aliphatic imine (C=N–C) groups is 1. The van der Waals surface area contributed by atoms with Gasteiger partial charge in [0.2, 0.25) is 5.91 Å². The highest BCUT2D eigenvalue weighted by molar-refractivity contribution is 5.84. The minimum absolute atomic E-state index is 0.0318. The average molecular weight is 386 g/mol. The van der Waals surface area contributed by atoms with Crippen LogP contribution in [0.2, 0.25) is 0 Å². The normalized spacial score (nSPS) is 11.4. The molecule has 1 aromatic carbocycles. The van der Waals surface area contributed by atoms with Gasteiger partial charge in [-0.2, -0.15) is 0 Å². The molecule has 2 aromatic rings. The molecule has 8 heteroatoms. The predicted molar refractivity (Wildman–Crippen MR) is 111 cm³/mol. The highest BCUT2D eigenvalue weighted by atomic mass is 16.2. The van der Waals surface area contributed by atoms with Crippen molar-refractivity contribution in [1.82, 2.24) is 29.9 Å². The number of carbonyl (C=O) groups is 1. The van der Waals surface area contributed by atoms with E-state index in [4.69, 9.17) is 0 Å². The van der Waals surface area contributed by atoms with E-state index in [1.807, 2.05) is 28.6 Å². The summed E-state index contributed by atoms with van der Waals surface area (Å²) in [7, 11) is 5.45. The van der Waals surface area contributed by atoms with Crippen LogP contribution in [0.4, 0.5) is 0 Å². The molecule has 0 saturated carbocycles. The van der Waals surface area contributed by atoms with E-state index in [9.17, 15) is 4.79 Å². The van der Waals surface area contributed by atoms with E-state index in [2.05, 4.69) is 46.5 Å². The van der Waals surface area contributed by atoms with Gasteiger partial charge in [-0.1, -0.05) is 31.2 Å². The van der Waals surface area contributed by atoms with Crippen molar-refractivity contribution in [3.63, 3.8) is 0 Å². The first-order valence-electron chi connectivity index (χ1n) is 9.53. The first kappa shape index (κ1) is 21.4. The van der Waals surface area contributed by atoms with E-state index in [1.54, 1.807) is 25.3 Å². The van der Waals surface area contributed by atoms with Gasteiger partial charge in [0.25, 0.3) is 0 Å². The van der Waals surface area contributed by atoms with Crippen molar-refractivity contribution >= 4 is 11.9 Å². The third-order valence-electron chi connectivity index (χ3n) is 4.54. The summed E-state index contributed by atoms with van der Waals surface area (Å²) in [6, 6.07) is 8.28. The van der Waals surface area contributed by atoms with Crippen LogP contribution < -0.4 is 5.32 Å². The highest BCUT2D eigenvalue weighted by Crippen LogP contribution is 2.09. The third-order valence-corrected chi connectivity index (χ3v) is 4.54.